The summed E-state index contributed by atoms with van der Waals surface area (Å²) in [7, 11) is 0. The highest BCUT2D eigenvalue weighted by atomic mass is 16.5. The highest BCUT2D eigenvalue weighted by molar-refractivity contribution is 5.76. The van der Waals surface area contributed by atoms with E-state index >= 15 is 0 Å². The number of aromatic nitrogens is 2. The molecule has 1 amide bonds. The number of nitrogens with two attached hydrogens (primary N) is 1. The van der Waals surface area contributed by atoms with Crippen LogP contribution in [0.25, 0.3) is 11.4 Å². The van der Waals surface area contributed by atoms with E-state index in [4.69, 9.17) is 10.3 Å². The fourth-order valence-corrected chi connectivity index (χ4v) is 3.30. The predicted molar refractivity (Wildman–Crippen MR) is 95.6 cm³/mol. The number of carbonyl (C=O) groups excluding carboxylic acids is 1. The van der Waals surface area contributed by atoms with Crippen LogP contribution >= 0.6 is 0 Å². The number of unbranched alkanes of at least 4 members (excludes halogenated alkanes) is 2. The molecular formula is C19H26N4O2. The van der Waals surface area contributed by atoms with Gasteiger partial charge in [0, 0.05) is 18.5 Å². The third-order valence-corrected chi connectivity index (χ3v) is 4.68. The molecule has 1 aromatic heterocycles. The van der Waals surface area contributed by atoms with Gasteiger partial charge in [-0.25, -0.2) is 0 Å². The van der Waals surface area contributed by atoms with E-state index in [2.05, 4.69) is 10.1 Å². The molecule has 0 radical (unpaired) electrons. The van der Waals surface area contributed by atoms with Crippen molar-refractivity contribution in [1.29, 1.82) is 0 Å². The zero-order valence-corrected chi connectivity index (χ0v) is 14.6. The summed E-state index contributed by atoms with van der Waals surface area (Å²) in [6.07, 6.45) is 6.41. The maximum absolute atomic E-state index is 12.6. The minimum Gasteiger partial charge on any atom is -0.337 e. The molecule has 1 saturated heterocycles. The van der Waals surface area contributed by atoms with Crippen molar-refractivity contribution in [2.45, 2.75) is 51.0 Å². The van der Waals surface area contributed by atoms with Crippen LogP contribution in [0.2, 0.25) is 0 Å². The molecule has 134 valence electrons. The maximum Gasteiger partial charge on any atom is 0.249 e. The predicted octanol–water partition coefficient (Wildman–Crippen LogP) is 3.31. The van der Waals surface area contributed by atoms with Crippen molar-refractivity contribution in [2.75, 3.05) is 13.1 Å². The van der Waals surface area contributed by atoms with Crippen molar-refractivity contribution >= 4 is 5.91 Å². The molecule has 0 aliphatic carbocycles. The number of piperidine rings is 1. The molecule has 1 aliphatic rings. The van der Waals surface area contributed by atoms with E-state index in [1.807, 2.05) is 35.2 Å². The Balaban J connectivity index is 1.68. The lowest BCUT2D eigenvalue weighted by atomic mass is 10.0. The average Bonchev–Trinajstić information content (AvgIpc) is 3.16. The van der Waals surface area contributed by atoms with Gasteiger partial charge in [-0.1, -0.05) is 41.9 Å². The lowest BCUT2D eigenvalue weighted by molar-refractivity contribution is -0.135. The molecule has 1 fully saturated rings. The van der Waals surface area contributed by atoms with Crippen LogP contribution in [0.5, 0.6) is 0 Å². The third-order valence-electron chi connectivity index (χ3n) is 4.68. The number of hydrogen-bond acceptors (Lipinski definition) is 5. The molecule has 0 saturated carbocycles. The minimum absolute atomic E-state index is 0.0966. The first-order chi connectivity index (χ1) is 12.3. The smallest absolute Gasteiger partial charge is 0.249 e. The van der Waals surface area contributed by atoms with E-state index in [0.29, 0.717) is 24.7 Å². The Bertz CT molecular complexity index is 671. The van der Waals surface area contributed by atoms with Crippen LogP contribution in [0, 0.1) is 0 Å². The molecule has 2 heterocycles. The van der Waals surface area contributed by atoms with Gasteiger partial charge >= 0.3 is 0 Å². The molecule has 6 nitrogen and oxygen atoms in total. The van der Waals surface area contributed by atoms with Crippen molar-refractivity contribution in [2.24, 2.45) is 5.73 Å². The molecule has 2 aromatic rings. The van der Waals surface area contributed by atoms with Crippen LogP contribution in [0.4, 0.5) is 0 Å². The molecule has 6 heteroatoms. The van der Waals surface area contributed by atoms with E-state index in [1.165, 1.54) is 0 Å². The number of nitrogens with zero attached hydrogens (tertiary/aromatic N) is 3. The normalized spacial score (nSPS) is 17.6. The number of likely N-dealkylation sites (tertiary alicyclic amines) is 1. The molecule has 25 heavy (non-hydrogen) atoms. The van der Waals surface area contributed by atoms with E-state index in [9.17, 15) is 4.79 Å². The SMILES string of the molecule is NCCCCCC(=O)N1CCCCC1c1nc(-c2ccccc2)no1. The Hall–Kier alpha value is -2.21. The summed E-state index contributed by atoms with van der Waals surface area (Å²) in [6.45, 7) is 1.45. The van der Waals surface area contributed by atoms with Gasteiger partial charge in [0.15, 0.2) is 0 Å². The summed E-state index contributed by atoms with van der Waals surface area (Å²) in [6, 6.07) is 9.66. The van der Waals surface area contributed by atoms with Gasteiger partial charge in [-0.15, -0.1) is 0 Å². The average molecular weight is 342 g/mol. The standard InChI is InChI=1S/C19H26N4O2/c20-13-7-2-5-12-17(24)23-14-8-6-11-16(23)19-21-18(22-25-19)15-9-3-1-4-10-15/h1,3-4,9-10,16H,2,5-8,11-14,20H2. The van der Waals surface area contributed by atoms with Crippen LogP contribution in [0.15, 0.2) is 34.9 Å². The molecule has 1 atom stereocenters. The minimum atomic E-state index is -0.0966. The second kappa shape index (κ2) is 8.76. The Morgan fingerprint density at radius 3 is 2.84 bits per heavy atom. The molecule has 1 aliphatic heterocycles. The fraction of sp³-hybridized carbons (Fsp3) is 0.526. The van der Waals surface area contributed by atoms with Crippen LogP contribution in [-0.2, 0) is 4.79 Å². The van der Waals surface area contributed by atoms with Gasteiger partial charge < -0.3 is 15.2 Å². The Morgan fingerprint density at radius 1 is 1.20 bits per heavy atom. The quantitative estimate of drug-likeness (QED) is 0.780. The first kappa shape index (κ1) is 17.6. The lowest BCUT2D eigenvalue weighted by Gasteiger charge is -2.33. The van der Waals surface area contributed by atoms with E-state index < -0.39 is 0 Å². The van der Waals surface area contributed by atoms with Crippen molar-refractivity contribution in [1.82, 2.24) is 15.0 Å². The van der Waals surface area contributed by atoms with Gasteiger partial charge in [-0.05, 0) is 38.6 Å². The van der Waals surface area contributed by atoms with Gasteiger partial charge in [0.1, 0.15) is 6.04 Å². The number of carbonyl (C=O) groups is 1. The Kier molecular flexibility index (Phi) is 6.17. The van der Waals surface area contributed by atoms with E-state index in [1.54, 1.807) is 0 Å². The van der Waals surface area contributed by atoms with E-state index in [-0.39, 0.29) is 11.9 Å². The zero-order chi connectivity index (χ0) is 17.5. The van der Waals surface area contributed by atoms with Crippen molar-refractivity contribution in [3.05, 3.63) is 36.2 Å². The van der Waals surface area contributed by atoms with Gasteiger partial charge in [-0.3, -0.25) is 4.79 Å². The Morgan fingerprint density at radius 2 is 2.04 bits per heavy atom. The number of hydrogen-bond donors (Lipinski definition) is 1. The molecule has 0 bridgehead atoms. The van der Waals surface area contributed by atoms with Crippen molar-refractivity contribution in [3.8, 4) is 11.4 Å². The van der Waals surface area contributed by atoms with Crippen LogP contribution in [0.1, 0.15) is 56.9 Å². The number of amides is 1. The molecule has 0 spiro atoms. The molecule has 2 N–H and O–H groups in total. The second-order valence-corrected chi connectivity index (χ2v) is 6.52. The first-order valence-corrected chi connectivity index (χ1v) is 9.18. The molecule has 3 rings (SSSR count). The van der Waals surface area contributed by atoms with Crippen LogP contribution < -0.4 is 5.73 Å². The van der Waals surface area contributed by atoms with Gasteiger partial charge in [0.25, 0.3) is 0 Å². The van der Waals surface area contributed by atoms with Crippen molar-refractivity contribution in [3.63, 3.8) is 0 Å². The van der Waals surface area contributed by atoms with Gasteiger partial charge in [-0.2, -0.15) is 4.98 Å². The second-order valence-electron chi connectivity index (χ2n) is 6.52. The zero-order valence-electron chi connectivity index (χ0n) is 14.6. The molecular weight excluding hydrogens is 316 g/mol. The highest BCUT2D eigenvalue weighted by Crippen LogP contribution is 2.31. The lowest BCUT2D eigenvalue weighted by Crippen LogP contribution is -2.38. The monoisotopic (exact) mass is 342 g/mol. The molecule has 1 unspecified atom stereocenters. The highest BCUT2D eigenvalue weighted by Gasteiger charge is 2.31. The summed E-state index contributed by atoms with van der Waals surface area (Å²) in [4.78, 5) is 19.1. The molecule has 1 aromatic carbocycles. The van der Waals surface area contributed by atoms with Gasteiger partial charge in [0.2, 0.25) is 17.6 Å². The first-order valence-electron chi connectivity index (χ1n) is 9.18. The third kappa shape index (κ3) is 4.45. The van der Waals surface area contributed by atoms with Crippen LogP contribution in [-0.4, -0.2) is 34.0 Å². The summed E-state index contributed by atoms with van der Waals surface area (Å²) in [5.74, 6) is 1.31. The number of rotatable bonds is 7. The summed E-state index contributed by atoms with van der Waals surface area (Å²) < 4.78 is 5.51. The number of benzene rings is 1. The topological polar surface area (TPSA) is 85.3 Å². The maximum atomic E-state index is 12.6. The fourth-order valence-electron chi connectivity index (χ4n) is 3.30. The van der Waals surface area contributed by atoms with Gasteiger partial charge in [0.05, 0.1) is 0 Å². The van der Waals surface area contributed by atoms with E-state index in [0.717, 1.165) is 50.6 Å². The Labute approximate surface area is 148 Å². The largest absolute Gasteiger partial charge is 0.337 e. The summed E-state index contributed by atoms with van der Waals surface area (Å²) in [5, 5.41) is 4.10. The van der Waals surface area contributed by atoms with Crippen LogP contribution in [0.3, 0.4) is 0 Å². The van der Waals surface area contributed by atoms with Crippen molar-refractivity contribution < 1.29 is 9.32 Å². The summed E-state index contributed by atoms with van der Waals surface area (Å²) >= 11 is 0. The summed E-state index contributed by atoms with van der Waals surface area (Å²) in [5.41, 5.74) is 6.44.